The minimum atomic E-state index is -2.44. The zero-order chi connectivity index (χ0) is 55.0. The molecule has 0 aliphatic rings. The molecule has 0 saturated carbocycles. The molecule has 0 aliphatic heterocycles. The summed E-state index contributed by atoms with van der Waals surface area (Å²) in [5.74, 6) is 0.331. The molecule has 8 aromatic carbocycles. The molecule has 0 bridgehead atoms. The van der Waals surface area contributed by atoms with Crippen molar-refractivity contribution >= 4 is 11.0 Å². The number of hydrogen-bond acceptors (Lipinski definition) is 3. The first-order valence-corrected chi connectivity index (χ1v) is 22.4. The summed E-state index contributed by atoms with van der Waals surface area (Å²) in [5.41, 5.74) is 8.47. The number of phenols is 1. The van der Waals surface area contributed by atoms with Crippen LogP contribution in [0.2, 0.25) is 0 Å². The summed E-state index contributed by atoms with van der Waals surface area (Å²) in [7, 11) is 0. The van der Waals surface area contributed by atoms with Crippen LogP contribution in [0.1, 0.15) is 71.9 Å². The third-order valence-electron chi connectivity index (χ3n) is 12.2. The second-order valence-corrected chi connectivity index (χ2v) is 18.9. The minimum absolute atomic E-state index is 0.00939. The predicted molar refractivity (Wildman–Crippen MR) is 281 cm³/mol. The summed E-state index contributed by atoms with van der Waals surface area (Å²) in [6.07, 6.45) is 1.63. The summed E-state index contributed by atoms with van der Waals surface area (Å²) < 4.78 is 91.3. The second-order valence-electron chi connectivity index (χ2n) is 18.9. The van der Waals surface area contributed by atoms with Gasteiger partial charge in [-0.2, -0.15) is 0 Å². The molecule has 10 rings (SSSR count). The number of aromatic hydroxyl groups is 1. The SMILES string of the molecule is [2H]c1c([2H])c([2H])c(-c2c([2H])c(-c3cc(-c4ccc(-c5ccccc5)cc4)ccn3)cc(-c3cccc4c3nc(-c3cc(C(C)(C)C)cc(C(C)(C)C)c3O)n4-c3ccc(C([2H])([2H])[2H])cc3-c3ccccc3)c2[2H])c([2H])c1[2H]. The molecule has 2 heterocycles. The molecule has 0 atom stereocenters. The molecule has 4 nitrogen and oxygen atoms in total. The van der Waals surface area contributed by atoms with Gasteiger partial charge in [-0.05, 0) is 122 Å². The van der Waals surface area contributed by atoms with Crippen LogP contribution in [0.25, 0.3) is 95.0 Å². The number of para-hydroxylation sites is 1. The van der Waals surface area contributed by atoms with Gasteiger partial charge in [0.1, 0.15) is 11.6 Å². The van der Waals surface area contributed by atoms with Crippen LogP contribution in [-0.4, -0.2) is 19.6 Å². The van der Waals surface area contributed by atoms with Gasteiger partial charge >= 0.3 is 0 Å². The van der Waals surface area contributed by atoms with Crippen LogP contribution in [0.5, 0.6) is 5.75 Å². The summed E-state index contributed by atoms with van der Waals surface area (Å²) in [6.45, 7) is 9.94. The number of benzene rings is 8. The van der Waals surface area contributed by atoms with Crippen molar-refractivity contribution in [1.82, 2.24) is 14.5 Å². The van der Waals surface area contributed by atoms with Gasteiger partial charge in [0, 0.05) is 32.6 Å². The van der Waals surface area contributed by atoms with Crippen LogP contribution in [0, 0.1) is 6.85 Å². The number of hydrogen-bond donors (Lipinski definition) is 1. The predicted octanol–water partition coefficient (Wildman–Crippen LogP) is 16.7. The van der Waals surface area contributed by atoms with E-state index >= 15 is 0 Å². The molecule has 10 aromatic rings. The maximum atomic E-state index is 12.6. The van der Waals surface area contributed by atoms with Gasteiger partial charge in [0.2, 0.25) is 0 Å². The summed E-state index contributed by atoms with van der Waals surface area (Å²) in [6, 6.07) is 43.8. The van der Waals surface area contributed by atoms with Crippen molar-refractivity contribution in [2.24, 2.45) is 0 Å². The number of nitrogens with zero attached hydrogens (tertiary/aromatic N) is 3. The molecule has 4 heteroatoms. The third kappa shape index (κ3) is 8.48. The fourth-order valence-electron chi connectivity index (χ4n) is 8.67. The number of aromatic nitrogens is 3. The Balaban J connectivity index is 1.30. The topological polar surface area (TPSA) is 50.9 Å². The molecular weight excluding hydrogens is 815 g/mol. The van der Waals surface area contributed by atoms with Crippen molar-refractivity contribution < 1.29 is 18.8 Å². The van der Waals surface area contributed by atoms with Gasteiger partial charge in [0.25, 0.3) is 0 Å². The maximum Gasteiger partial charge on any atom is 0.149 e. The number of imidazole rings is 1. The van der Waals surface area contributed by atoms with Crippen molar-refractivity contribution in [2.45, 2.75) is 59.2 Å². The molecule has 0 unspecified atom stereocenters. The first-order chi connectivity index (χ1) is 36.4. The number of rotatable bonds is 8. The Hall–Kier alpha value is -7.82. The molecule has 328 valence electrons. The highest BCUT2D eigenvalue weighted by Crippen LogP contribution is 2.46. The zero-order valence-electron chi connectivity index (χ0n) is 48.3. The van der Waals surface area contributed by atoms with Gasteiger partial charge in [0.05, 0.1) is 37.6 Å². The zero-order valence-corrected chi connectivity index (χ0v) is 38.3. The first kappa shape index (κ1) is 32.8. The van der Waals surface area contributed by atoms with E-state index in [9.17, 15) is 7.85 Å². The maximum absolute atomic E-state index is 12.6. The van der Waals surface area contributed by atoms with Crippen molar-refractivity contribution in [1.29, 1.82) is 0 Å². The number of fused-ring (bicyclic) bond motifs is 1. The number of phenolic OH excluding ortho intramolecular Hbond substituents is 1. The fraction of sp³-hybridized carbons (Fsp3) is 0.143. The first-order valence-electron chi connectivity index (χ1n) is 27.4. The van der Waals surface area contributed by atoms with Crippen molar-refractivity contribution in [3.05, 3.63) is 217 Å². The standard InChI is InChI=1S/C63H55N3O/c1-41-26-31-57(53(34-41)46-22-15-10-16-23-46)66-58-25-17-24-52(59(58)65-61(66)54-39-51(62(2,3)4)40-55(60(54)67)63(5,6)7)49-35-48(43-20-13-9-14-21-43)36-50(37-49)56-38-47(32-33-64-56)45-29-27-44(28-30-45)42-18-11-8-12-19-42/h8-40,67H,1-7H3/i1D3,9D,13D,14D,20D,21D,35D,36D. The van der Waals surface area contributed by atoms with Gasteiger partial charge in [-0.25, -0.2) is 4.98 Å². The third-order valence-corrected chi connectivity index (χ3v) is 12.2. The van der Waals surface area contributed by atoms with Gasteiger partial charge in [-0.15, -0.1) is 0 Å². The minimum Gasteiger partial charge on any atom is -0.507 e. The lowest BCUT2D eigenvalue weighted by Gasteiger charge is -2.27. The Morgan fingerprint density at radius 3 is 1.88 bits per heavy atom. The highest BCUT2D eigenvalue weighted by atomic mass is 16.3. The highest BCUT2D eigenvalue weighted by molar-refractivity contribution is 5.98. The lowest BCUT2D eigenvalue weighted by Crippen LogP contribution is -2.17. The van der Waals surface area contributed by atoms with Crippen LogP contribution in [0.15, 0.2) is 200 Å². The van der Waals surface area contributed by atoms with E-state index in [1.54, 1.807) is 42.6 Å². The molecule has 0 aliphatic carbocycles. The number of aryl methyl sites for hydroxylation is 1. The normalized spacial score (nSPS) is 14.2. The van der Waals surface area contributed by atoms with Crippen molar-refractivity contribution in [3.63, 3.8) is 0 Å². The molecule has 0 amide bonds. The van der Waals surface area contributed by atoms with E-state index in [1.165, 1.54) is 0 Å². The van der Waals surface area contributed by atoms with E-state index in [0.29, 0.717) is 50.5 Å². The Kier molecular flexibility index (Phi) is 8.41. The summed E-state index contributed by atoms with van der Waals surface area (Å²) in [5, 5.41) is 12.6. The van der Waals surface area contributed by atoms with E-state index < -0.39 is 42.5 Å². The monoisotopic (exact) mass is 879 g/mol. The van der Waals surface area contributed by atoms with Crippen molar-refractivity contribution in [3.8, 4) is 89.7 Å². The number of pyridine rings is 1. The average molecular weight is 880 g/mol. The molecular formula is C63H55N3O. The molecule has 0 radical (unpaired) electrons. The van der Waals surface area contributed by atoms with E-state index in [4.69, 9.17) is 20.9 Å². The Morgan fingerprint density at radius 2 is 1.19 bits per heavy atom. The van der Waals surface area contributed by atoms with E-state index in [2.05, 4.69) is 20.8 Å². The van der Waals surface area contributed by atoms with Crippen molar-refractivity contribution in [2.75, 3.05) is 0 Å². The Labute approximate surface area is 409 Å². The van der Waals surface area contributed by atoms with Crippen LogP contribution in [0.3, 0.4) is 0 Å². The average Bonchev–Trinajstić information content (AvgIpc) is 3.80. The summed E-state index contributed by atoms with van der Waals surface area (Å²) in [4.78, 5) is 10.2. The van der Waals surface area contributed by atoms with Crippen LogP contribution in [-0.2, 0) is 10.8 Å². The fourth-order valence-corrected chi connectivity index (χ4v) is 8.67. The van der Waals surface area contributed by atoms with Crippen LogP contribution < -0.4 is 0 Å². The quantitative estimate of drug-likeness (QED) is 0.165. The van der Waals surface area contributed by atoms with E-state index in [1.807, 2.05) is 141 Å². The molecule has 0 fully saturated rings. The van der Waals surface area contributed by atoms with E-state index in [-0.39, 0.29) is 51.1 Å². The van der Waals surface area contributed by atoms with Crippen LogP contribution >= 0.6 is 0 Å². The Morgan fingerprint density at radius 1 is 0.522 bits per heavy atom. The summed E-state index contributed by atoms with van der Waals surface area (Å²) >= 11 is 0. The lowest BCUT2D eigenvalue weighted by atomic mass is 9.79. The van der Waals surface area contributed by atoms with Crippen LogP contribution in [0.4, 0.5) is 0 Å². The van der Waals surface area contributed by atoms with Gasteiger partial charge in [-0.3, -0.25) is 9.55 Å². The van der Waals surface area contributed by atoms with Gasteiger partial charge in [-0.1, -0.05) is 187 Å². The van der Waals surface area contributed by atoms with E-state index in [0.717, 1.165) is 33.4 Å². The molecule has 1 N–H and O–H groups in total. The smallest absolute Gasteiger partial charge is 0.149 e. The second kappa shape index (κ2) is 17.2. The highest BCUT2D eigenvalue weighted by Gasteiger charge is 2.29. The van der Waals surface area contributed by atoms with Gasteiger partial charge in [0.15, 0.2) is 0 Å². The molecule has 67 heavy (non-hydrogen) atoms. The molecule has 0 saturated heterocycles. The lowest BCUT2D eigenvalue weighted by molar-refractivity contribution is 0.446. The molecule has 2 aromatic heterocycles. The largest absolute Gasteiger partial charge is 0.507 e. The molecule has 0 spiro atoms. The Bertz CT molecular complexity index is 3920. The van der Waals surface area contributed by atoms with Gasteiger partial charge < -0.3 is 5.11 Å².